The van der Waals surface area contributed by atoms with Crippen LogP contribution in [0.2, 0.25) is 0 Å². The highest BCUT2D eigenvalue weighted by molar-refractivity contribution is 5.60. The van der Waals surface area contributed by atoms with E-state index in [2.05, 4.69) is 42.9 Å². The van der Waals surface area contributed by atoms with Crippen LogP contribution in [-0.2, 0) is 11.3 Å². The quantitative estimate of drug-likeness (QED) is 0.577. The maximum atomic E-state index is 8.89. The predicted octanol–water partition coefficient (Wildman–Crippen LogP) is 1.62. The Labute approximate surface area is 104 Å². The van der Waals surface area contributed by atoms with Gasteiger partial charge in [-0.25, -0.2) is 4.57 Å². The van der Waals surface area contributed by atoms with Crippen LogP contribution in [0.25, 0.3) is 0 Å². The number of aryl methyl sites for hydroxylation is 2. The second-order valence-corrected chi connectivity index (χ2v) is 4.17. The first kappa shape index (κ1) is 15.6. The summed E-state index contributed by atoms with van der Waals surface area (Å²) in [5.41, 5.74) is 1.34. The number of carbonyl (C=O) groups is 1. The number of pyridine rings is 1. The van der Waals surface area contributed by atoms with Gasteiger partial charge in [0.25, 0.3) is 0 Å². The molecule has 0 saturated carbocycles. The van der Waals surface area contributed by atoms with Gasteiger partial charge in [0.1, 0.15) is 6.54 Å². The van der Waals surface area contributed by atoms with Crippen LogP contribution in [0.1, 0.15) is 45.1 Å². The highest BCUT2D eigenvalue weighted by Gasteiger charge is 1.97. The van der Waals surface area contributed by atoms with Crippen molar-refractivity contribution in [3.05, 3.63) is 30.1 Å². The summed E-state index contributed by atoms with van der Waals surface area (Å²) in [5, 5.41) is 8.89. The van der Waals surface area contributed by atoms with Crippen LogP contribution in [0, 0.1) is 6.92 Å². The zero-order valence-electron chi connectivity index (χ0n) is 11.1. The molecule has 0 spiro atoms. The predicted molar refractivity (Wildman–Crippen MR) is 66.2 cm³/mol. The summed E-state index contributed by atoms with van der Waals surface area (Å²) in [4.78, 5) is 8.89. The second-order valence-electron chi connectivity index (χ2n) is 4.17. The highest BCUT2D eigenvalue weighted by atomic mass is 16.4. The Bertz CT molecular complexity index is 303. The van der Waals surface area contributed by atoms with Gasteiger partial charge in [0, 0.05) is 24.5 Å². The number of carbonyl (C=O) groups excluding carboxylic acids is 1. The minimum absolute atomic E-state index is 0.972. The number of hydrogen-bond acceptors (Lipinski definition) is 2. The van der Waals surface area contributed by atoms with Gasteiger partial charge in [-0.2, -0.15) is 0 Å². The molecule has 0 N–H and O–H groups in total. The summed E-state index contributed by atoms with van der Waals surface area (Å²) < 4.78 is 2.27. The molecule has 0 aliphatic rings. The summed E-state index contributed by atoms with van der Waals surface area (Å²) >= 11 is 0. The van der Waals surface area contributed by atoms with E-state index in [1.807, 2.05) is 0 Å². The largest absolute Gasteiger partial charge is 0.550 e. The van der Waals surface area contributed by atoms with Crippen LogP contribution in [0.5, 0.6) is 0 Å². The lowest BCUT2D eigenvalue weighted by Crippen LogP contribution is -2.32. The molecular weight excluding hydrogens is 214 g/mol. The van der Waals surface area contributed by atoms with Crippen molar-refractivity contribution in [2.24, 2.45) is 0 Å². The van der Waals surface area contributed by atoms with E-state index >= 15 is 0 Å². The van der Waals surface area contributed by atoms with E-state index in [9.17, 15) is 0 Å². The average Bonchev–Trinajstić information content (AvgIpc) is 2.26. The molecule has 0 amide bonds. The average molecular weight is 237 g/mol. The molecule has 0 radical (unpaired) electrons. The van der Waals surface area contributed by atoms with Gasteiger partial charge in [0.2, 0.25) is 0 Å². The van der Waals surface area contributed by atoms with E-state index in [0.29, 0.717) is 0 Å². The normalized spacial score (nSPS) is 9.35. The molecule has 17 heavy (non-hydrogen) atoms. The van der Waals surface area contributed by atoms with Gasteiger partial charge in [-0.05, 0) is 25.8 Å². The van der Waals surface area contributed by atoms with Crippen LogP contribution in [0.15, 0.2) is 24.5 Å². The molecule has 0 aliphatic heterocycles. The molecular formula is C14H23NO2. The monoisotopic (exact) mass is 237 g/mol. The fourth-order valence-corrected chi connectivity index (χ4v) is 1.40. The van der Waals surface area contributed by atoms with Crippen LogP contribution in [0.4, 0.5) is 0 Å². The standard InChI is InChI=1S/C12H20N.C2H4O2/c1-3-4-5-6-9-13-10-7-12(2)8-11-13;1-2(3)4/h7-8,10-11H,3-6,9H2,1-2H3;1H3,(H,3,4)/q+1;/p-1. The van der Waals surface area contributed by atoms with E-state index in [0.717, 1.165) is 6.92 Å². The lowest BCUT2D eigenvalue weighted by atomic mass is 10.2. The van der Waals surface area contributed by atoms with Gasteiger partial charge in [0.15, 0.2) is 12.4 Å². The SMILES string of the molecule is CC(=O)[O-].CCCCCC[n+]1ccc(C)cc1. The number of rotatable bonds is 5. The third kappa shape index (κ3) is 10.9. The first-order valence-electron chi connectivity index (χ1n) is 6.19. The molecule has 3 nitrogen and oxygen atoms in total. The fourth-order valence-electron chi connectivity index (χ4n) is 1.40. The van der Waals surface area contributed by atoms with E-state index in [1.165, 1.54) is 37.8 Å². The van der Waals surface area contributed by atoms with Crippen molar-refractivity contribution < 1.29 is 14.5 Å². The minimum atomic E-state index is -1.08. The molecule has 1 rings (SSSR count). The van der Waals surface area contributed by atoms with Crippen molar-refractivity contribution in [1.29, 1.82) is 0 Å². The molecule has 1 aromatic heterocycles. The van der Waals surface area contributed by atoms with Gasteiger partial charge in [-0.3, -0.25) is 0 Å². The summed E-state index contributed by atoms with van der Waals surface area (Å²) in [6, 6.07) is 4.33. The first-order chi connectivity index (χ1) is 8.06. The van der Waals surface area contributed by atoms with Gasteiger partial charge in [0.05, 0.1) is 0 Å². The second kappa shape index (κ2) is 9.82. The maximum Gasteiger partial charge on any atom is 0.169 e. The minimum Gasteiger partial charge on any atom is -0.550 e. The number of unbranched alkanes of at least 4 members (excludes halogenated alkanes) is 3. The zero-order valence-corrected chi connectivity index (χ0v) is 11.1. The highest BCUT2D eigenvalue weighted by Crippen LogP contribution is 1.98. The van der Waals surface area contributed by atoms with Gasteiger partial charge in [-0.1, -0.05) is 19.8 Å². The Morgan fingerprint density at radius 2 is 1.76 bits per heavy atom. The molecule has 0 atom stereocenters. The molecule has 0 aliphatic carbocycles. The summed E-state index contributed by atoms with van der Waals surface area (Å²) in [5.74, 6) is -1.08. The maximum absolute atomic E-state index is 8.89. The number of nitrogens with zero attached hydrogens (tertiary/aromatic N) is 1. The Balaban J connectivity index is 0.000000557. The lowest BCUT2D eigenvalue weighted by molar-refractivity contribution is -0.697. The number of carboxylic acids is 1. The van der Waals surface area contributed by atoms with Crippen molar-refractivity contribution in [2.75, 3.05) is 0 Å². The van der Waals surface area contributed by atoms with Crippen molar-refractivity contribution >= 4 is 5.97 Å². The topological polar surface area (TPSA) is 44.0 Å². The Hall–Kier alpha value is -1.38. The molecule has 0 saturated heterocycles. The van der Waals surface area contributed by atoms with Gasteiger partial charge in [-0.15, -0.1) is 0 Å². The van der Waals surface area contributed by atoms with E-state index < -0.39 is 5.97 Å². The zero-order chi connectivity index (χ0) is 13.1. The number of carboxylic acid groups (broad SMARTS) is 1. The Morgan fingerprint density at radius 1 is 1.24 bits per heavy atom. The molecule has 0 aromatic carbocycles. The molecule has 0 unspecified atom stereocenters. The van der Waals surface area contributed by atoms with Crippen LogP contribution in [0.3, 0.4) is 0 Å². The molecule has 3 heteroatoms. The number of aromatic nitrogens is 1. The van der Waals surface area contributed by atoms with Crippen LogP contribution >= 0.6 is 0 Å². The lowest BCUT2D eigenvalue weighted by Gasteiger charge is -1.97. The van der Waals surface area contributed by atoms with Gasteiger partial charge >= 0.3 is 0 Å². The fraction of sp³-hybridized carbons (Fsp3) is 0.571. The molecule has 1 aromatic rings. The van der Waals surface area contributed by atoms with Gasteiger partial charge < -0.3 is 9.90 Å². The van der Waals surface area contributed by atoms with Crippen molar-refractivity contribution in [2.45, 2.75) is 53.0 Å². The summed E-state index contributed by atoms with van der Waals surface area (Å²) in [7, 11) is 0. The van der Waals surface area contributed by atoms with Crippen molar-refractivity contribution in [3.8, 4) is 0 Å². The van der Waals surface area contributed by atoms with Crippen LogP contribution < -0.4 is 9.67 Å². The van der Waals surface area contributed by atoms with E-state index in [-0.39, 0.29) is 0 Å². The third-order valence-electron chi connectivity index (χ3n) is 2.33. The van der Waals surface area contributed by atoms with Crippen molar-refractivity contribution in [1.82, 2.24) is 0 Å². The third-order valence-corrected chi connectivity index (χ3v) is 2.33. The van der Waals surface area contributed by atoms with Crippen molar-refractivity contribution in [3.63, 3.8) is 0 Å². The molecule has 0 bridgehead atoms. The van der Waals surface area contributed by atoms with Crippen LogP contribution in [-0.4, -0.2) is 5.97 Å². The molecule has 1 heterocycles. The Kier molecular flexibility index (Phi) is 9.02. The molecule has 0 fully saturated rings. The first-order valence-corrected chi connectivity index (χ1v) is 6.19. The molecule has 96 valence electrons. The number of hydrogen-bond donors (Lipinski definition) is 0. The van der Waals surface area contributed by atoms with E-state index in [4.69, 9.17) is 9.90 Å². The summed E-state index contributed by atoms with van der Waals surface area (Å²) in [6.07, 6.45) is 9.69. The smallest absolute Gasteiger partial charge is 0.169 e. The Morgan fingerprint density at radius 3 is 2.24 bits per heavy atom. The van der Waals surface area contributed by atoms with E-state index in [1.54, 1.807) is 0 Å². The summed E-state index contributed by atoms with van der Waals surface area (Å²) in [6.45, 7) is 6.51. The number of aliphatic carboxylic acids is 1.